The minimum Gasteiger partial charge on any atom is -0.497 e. The van der Waals surface area contributed by atoms with Gasteiger partial charge in [-0.2, -0.15) is 0 Å². The molecule has 22 heavy (non-hydrogen) atoms. The Hall–Kier alpha value is -2.44. The molecule has 120 valence electrons. The SMILES string of the molecule is COc1ccc(OC)c(N2CCN(CC(=O)N(C)C)C2=O)c1. The maximum absolute atomic E-state index is 12.5. The van der Waals surface area contributed by atoms with Gasteiger partial charge in [-0.3, -0.25) is 9.69 Å². The Morgan fingerprint density at radius 3 is 2.55 bits per heavy atom. The van der Waals surface area contributed by atoms with Gasteiger partial charge >= 0.3 is 6.03 Å². The molecule has 1 saturated heterocycles. The number of anilines is 1. The maximum Gasteiger partial charge on any atom is 0.325 e. The Kier molecular flexibility index (Phi) is 4.75. The molecule has 7 nitrogen and oxygen atoms in total. The summed E-state index contributed by atoms with van der Waals surface area (Å²) < 4.78 is 10.5. The highest BCUT2D eigenvalue weighted by Crippen LogP contribution is 2.34. The fourth-order valence-corrected chi connectivity index (χ4v) is 2.27. The van der Waals surface area contributed by atoms with Crippen LogP contribution in [0.5, 0.6) is 11.5 Å². The van der Waals surface area contributed by atoms with Gasteiger partial charge < -0.3 is 19.3 Å². The number of carbonyl (C=O) groups is 2. The van der Waals surface area contributed by atoms with Gasteiger partial charge in [-0.25, -0.2) is 4.79 Å². The predicted octanol–water partition coefficient (Wildman–Crippen LogP) is 1.03. The molecule has 0 N–H and O–H groups in total. The molecular weight excluding hydrogens is 286 g/mol. The molecule has 2 rings (SSSR count). The summed E-state index contributed by atoms with van der Waals surface area (Å²) in [6.45, 7) is 1.08. The van der Waals surface area contributed by atoms with E-state index < -0.39 is 0 Å². The molecule has 7 heteroatoms. The van der Waals surface area contributed by atoms with E-state index in [1.165, 1.54) is 9.80 Å². The zero-order valence-electron chi connectivity index (χ0n) is 13.3. The first-order chi connectivity index (χ1) is 10.5. The van der Waals surface area contributed by atoms with Crippen molar-refractivity contribution in [2.24, 2.45) is 0 Å². The van der Waals surface area contributed by atoms with Crippen molar-refractivity contribution < 1.29 is 19.1 Å². The average Bonchev–Trinajstić information content (AvgIpc) is 2.87. The molecule has 1 aromatic rings. The number of benzene rings is 1. The minimum atomic E-state index is -0.207. The second-order valence-corrected chi connectivity index (χ2v) is 5.18. The smallest absolute Gasteiger partial charge is 0.325 e. The van der Waals surface area contributed by atoms with E-state index in [2.05, 4.69) is 0 Å². The van der Waals surface area contributed by atoms with E-state index in [4.69, 9.17) is 9.47 Å². The van der Waals surface area contributed by atoms with Crippen LogP contribution in [-0.4, -0.2) is 69.7 Å². The molecule has 0 aromatic heterocycles. The molecule has 1 aliphatic heterocycles. The Labute approximate surface area is 130 Å². The zero-order chi connectivity index (χ0) is 16.3. The number of ether oxygens (including phenoxy) is 2. The van der Waals surface area contributed by atoms with Crippen molar-refractivity contribution in [3.8, 4) is 11.5 Å². The third kappa shape index (κ3) is 3.08. The second kappa shape index (κ2) is 6.55. The molecule has 0 aliphatic carbocycles. The van der Waals surface area contributed by atoms with Crippen molar-refractivity contribution >= 4 is 17.6 Å². The first-order valence-electron chi connectivity index (χ1n) is 6.96. The molecular formula is C15H21N3O4. The first-order valence-corrected chi connectivity index (χ1v) is 6.96. The van der Waals surface area contributed by atoms with Gasteiger partial charge in [-0.1, -0.05) is 0 Å². The fourth-order valence-electron chi connectivity index (χ4n) is 2.27. The van der Waals surface area contributed by atoms with Crippen LogP contribution in [0.4, 0.5) is 10.5 Å². The summed E-state index contributed by atoms with van der Waals surface area (Å²) in [7, 11) is 6.47. The second-order valence-electron chi connectivity index (χ2n) is 5.18. The number of hydrogen-bond acceptors (Lipinski definition) is 4. The number of carbonyl (C=O) groups excluding carboxylic acids is 2. The van der Waals surface area contributed by atoms with Crippen LogP contribution in [-0.2, 0) is 4.79 Å². The van der Waals surface area contributed by atoms with E-state index in [1.807, 2.05) is 0 Å². The van der Waals surface area contributed by atoms with Crippen molar-refractivity contribution in [1.29, 1.82) is 0 Å². The van der Waals surface area contributed by atoms with Crippen molar-refractivity contribution in [2.75, 3.05) is 52.8 Å². The van der Waals surface area contributed by atoms with Crippen LogP contribution in [0.15, 0.2) is 18.2 Å². The van der Waals surface area contributed by atoms with E-state index in [0.717, 1.165) is 0 Å². The summed E-state index contributed by atoms with van der Waals surface area (Å²) in [6, 6.07) is 5.08. The number of rotatable bonds is 5. The standard InChI is InChI=1S/C15H21N3O4/c1-16(2)14(19)10-17-7-8-18(15(17)20)12-9-11(21-3)5-6-13(12)22-4/h5-6,9H,7-8,10H2,1-4H3. The molecule has 1 aromatic carbocycles. The van der Waals surface area contributed by atoms with Crippen LogP contribution in [0.3, 0.4) is 0 Å². The average molecular weight is 307 g/mol. The van der Waals surface area contributed by atoms with E-state index in [-0.39, 0.29) is 18.5 Å². The molecule has 0 bridgehead atoms. The lowest BCUT2D eigenvalue weighted by Crippen LogP contribution is -2.39. The molecule has 3 amide bonds. The number of likely N-dealkylation sites (N-methyl/N-ethyl adjacent to an activating group) is 1. The molecule has 0 unspecified atom stereocenters. The minimum absolute atomic E-state index is 0.0780. The third-order valence-corrected chi connectivity index (χ3v) is 3.60. The van der Waals surface area contributed by atoms with Crippen LogP contribution in [0, 0.1) is 0 Å². The number of amides is 3. The highest BCUT2D eigenvalue weighted by Gasteiger charge is 2.32. The molecule has 0 radical (unpaired) electrons. The fraction of sp³-hybridized carbons (Fsp3) is 0.467. The highest BCUT2D eigenvalue weighted by molar-refractivity contribution is 5.97. The maximum atomic E-state index is 12.5. The van der Waals surface area contributed by atoms with E-state index >= 15 is 0 Å². The normalized spacial score (nSPS) is 14.3. The monoisotopic (exact) mass is 307 g/mol. The Morgan fingerprint density at radius 1 is 1.23 bits per heavy atom. The van der Waals surface area contributed by atoms with Crippen LogP contribution in [0.2, 0.25) is 0 Å². The number of nitrogens with zero attached hydrogens (tertiary/aromatic N) is 3. The summed E-state index contributed by atoms with van der Waals surface area (Å²) in [5.41, 5.74) is 0.645. The third-order valence-electron chi connectivity index (χ3n) is 3.60. The van der Waals surface area contributed by atoms with Gasteiger partial charge in [0, 0.05) is 33.3 Å². The van der Waals surface area contributed by atoms with Crippen LogP contribution in [0.1, 0.15) is 0 Å². The van der Waals surface area contributed by atoms with Gasteiger partial charge in [0.2, 0.25) is 5.91 Å². The van der Waals surface area contributed by atoms with Crippen LogP contribution in [0.25, 0.3) is 0 Å². The molecule has 1 fully saturated rings. The Bertz CT molecular complexity index is 574. The van der Waals surface area contributed by atoms with Crippen molar-refractivity contribution in [1.82, 2.24) is 9.80 Å². The van der Waals surface area contributed by atoms with Crippen molar-refractivity contribution in [3.05, 3.63) is 18.2 Å². The van der Waals surface area contributed by atoms with Gasteiger partial charge in [0.25, 0.3) is 0 Å². The summed E-state index contributed by atoms with van der Waals surface area (Å²) >= 11 is 0. The van der Waals surface area contributed by atoms with E-state index in [1.54, 1.807) is 51.4 Å². The molecule has 0 spiro atoms. The lowest BCUT2D eigenvalue weighted by atomic mass is 10.2. The molecule has 1 heterocycles. The summed E-state index contributed by atoms with van der Waals surface area (Å²) in [4.78, 5) is 28.9. The summed E-state index contributed by atoms with van der Waals surface area (Å²) in [5.74, 6) is 1.13. The quantitative estimate of drug-likeness (QED) is 0.815. The van der Waals surface area contributed by atoms with Gasteiger partial charge in [0.1, 0.15) is 18.0 Å². The molecule has 0 atom stereocenters. The van der Waals surface area contributed by atoms with E-state index in [0.29, 0.717) is 30.3 Å². The summed E-state index contributed by atoms with van der Waals surface area (Å²) in [5, 5.41) is 0. The summed E-state index contributed by atoms with van der Waals surface area (Å²) in [6.07, 6.45) is 0. The van der Waals surface area contributed by atoms with Crippen LogP contribution >= 0.6 is 0 Å². The number of methoxy groups -OCH3 is 2. The first kappa shape index (κ1) is 15.9. The lowest BCUT2D eigenvalue weighted by Gasteiger charge is -2.21. The van der Waals surface area contributed by atoms with Crippen molar-refractivity contribution in [3.63, 3.8) is 0 Å². The van der Waals surface area contributed by atoms with Gasteiger partial charge in [0.05, 0.1) is 19.9 Å². The van der Waals surface area contributed by atoms with Crippen molar-refractivity contribution in [2.45, 2.75) is 0 Å². The van der Waals surface area contributed by atoms with Gasteiger partial charge in [-0.05, 0) is 12.1 Å². The topological polar surface area (TPSA) is 62.3 Å². The Morgan fingerprint density at radius 2 is 1.95 bits per heavy atom. The number of urea groups is 1. The largest absolute Gasteiger partial charge is 0.497 e. The lowest BCUT2D eigenvalue weighted by molar-refractivity contribution is -0.129. The van der Waals surface area contributed by atoms with Crippen LogP contribution < -0.4 is 14.4 Å². The zero-order valence-corrected chi connectivity index (χ0v) is 13.3. The molecule has 1 aliphatic rings. The van der Waals surface area contributed by atoms with E-state index in [9.17, 15) is 9.59 Å². The number of hydrogen-bond donors (Lipinski definition) is 0. The molecule has 0 saturated carbocycles. The highest BCUT2D eigenvalue weighted by atomic mass is 16.5. The Balaban J connectivity index is 2.21. The van der Waals surface area contributed by atoms with Gasteiger partial charge in [-0.15, -0.1) is 0 Å². The van der Waals surface area contributed by atoms with Gasteiger partial charge in [0.15, 0.2) is 0 Å². The predicted molar refractivity (Wildman–Crippen MR) is 82.6 cm³/mol.